The third-order valence-corrected chi connectivity index (χ3v) is 3.36. The number of hydrogen-bond acceptors (Lipinski definition) is 3. The van der Waals surface area contributed by atoms with Gasteiger partial charge in [0.05, 0.1) is 0 Å². The highest BCUT2D eigenvalue weighted by molar-refractivity contribution is 5.22. The van der Waals surface area contributed by atoms with E-state index in [1.165, 1.54) is 11.1 Å². The van der Waals surface area contributed by atoms with Gasteiger partial charge < -0.3 is 0 Å². The fourth-order valence-corrected chi connectivity index (χ4v) is 2.19. The van der Waals surface area contributed by atoms with Crippen LogP contribution in [0.3, 0.4) is 0 Å². The minimum Gasteiger partial charge on any atom is -0.295 e. The normalized spacial score (nSPS) is 10.9. The zero-order valence-corrected chi connectivity index (χ0v) is 11.8. The largest absolute Gasteiger partial charge is 0.295 e. The van der Waals surface area contributed by atoms with Gasteiger partial charge in [-0.2, -0.15) is 0 Å². The monoisotopic (exact) mass is 271 g/mol. The minimum atomic E-state index is 0.238. The lowest BCUT2D eigenvalue weighted by atomic mass is 10.1. The number of rotatable bonds is 7. The quantitative estimate of drug-likeness (QED) is 0.615. The molecule has 0 fully saturated rings. The van der Waals surface area contributed by atoms with Crippen LogP contribution in [0.15, 0.2) is 54.6 Å². The summed E-state index contributed by atoms with van der Waals surface area (Å²) in [6, 6.07) is 18.7. The molecule has 0 saturated carbocycles. The van der Waals surface area contributed by atoms with Gasteiger partial charge in [-0.1, -0.05) is 61.5 Å². The molecule has 0 atom stereocenters. The van der Waals surface area contributed by atoms with Gasteiger partial charge in [0.15, 0.2) is 0 Å². The van der Waals surface area contributed by atoms with Crippen molar-refractivity contribution < 1.29 is 10.1 Å². The zero-order valence-electron chi connectivity index (χ0n) is 11.8. The molecule has 20 heavy (non-hydrogen) atoms. The predicted molar refractivity (Wildman–Crippen MR) is 80.1 cm³/mol. The van der Waals surface area contributed by atoms with Gasteiger partial charge in [0, 0.05) is 13.1 Å². The van der Waals surface area contributed by atoms with E-state index in [1.54, 1.807) is 0 Å². The van der Waals surface area contributed by atoms with Gasteiger partial charge in [0.2, 0.25) is 0 Å². The Morgan fingerprint density at radius 1 is 0.850 bits per heavy atom. The third kappa shape index (κ3) is 4.46. The Balaban J connectivity index is 1.95. The Kier molecular flexibility index (Phi) is 5.74. The van der Waals surface area contributed by atoms with Crippen LogP contribution < -0.4 is 0 Å². The molecule has 106 valence electrons. The molecule has 2 aromatic rings. The summed E-state index contributed by atoms with van der Waals surface area (Å²) in [5.74, 6) is 0. The number of benzene rings is 2. The first-order valence-electron chi connectivity index (χ1n) is 6.92. The van der Waals surface area contributed by atoms with E-state index >= 15 is 0 Å². The minimum absolute atomic E-state index is 0.238. The summed E-state index contributed by atoms with van der Waals surface area (Å²) in [5, 5.41) is 8.43. The standard InChI is InChI=1S/C17H21NO2/c1-2-18(12-15-6-4-3-5-7-15)13-16-8-10-17(11-9-16)14-20-19/h3-11,19H,2,12-14H2,1H3. The summed E-state index contributed by atoms with van der Waals surface area (Å²) in [5.41, 5.74) is 3.58. The van der Waals surface area contributed by atoms with E-state index in [9.17, 15) is 0 Å². The van der Waals surface area contributed by atoms with Gasteiger partial charge in [-0.05, 0) is 23.2 Å². The van der Waals surface area contributed by atoms with Crippen molar-refractivity contribution in [2.24, 2.45) is 0 Å². The molecule has 0 saturated heterocycles. The lowest BCUT2D eigenvalue weighted by molar-refractivity contribution is -0.253. The Morgan fingerprint density at radius 3 is 1.95 bits per heavy atom. The highest BCUT2D eigenvalue weighted by Gasteiger charge is 2.05. The van der Waals surface area contributed by atoms with E-state index < -0.39 is 0 Å². The van der Waals surface area contributed by atoms with Crippen molar-refractivity contribution in [1.82, 2.24) is 4.90 Å². The first-order valence-corrected chi connectivity index (χ1v) is 6.92. The van der Waals surface area contributed by atoms with Crippen LogP contribution in [-0.4, -0.2) is 16.7 Å². The Bertz CT molecular complexity index is 496. The molecular formula is C17H21NO2. The summed E-state index contributed by atoms with van der Waals surface area (Å²) in [4.78, 5) is 6.53. The third-order valence-electron chi connectivity index (χ3n) is 3.36. The lowest BCUT2D eigenvalue weighted by Gasteiger charge is -2.20. The van der Waals surface area contributed by atoms with Crippen LogP contribution in [-0.2, 0) is 24.6 Å². The molecule has 0 radical (unpaired) electrons. The molecule has 0 unspecified atom stereocenters. The summed E-state index contributed by atoms with van der Waals surface area (Å²) in [6.45, 7) is 5.31. The summed E-state index contributed by atoms with van der Waals surface area (Å²) < 4.78 is 0. The van der Waals surface area contributed by atoms with Crippen LogP contribution in [0.25, 0.3) is 0 Å². The second-order valence-electron chi connectivity index (χ2n) is 4.88. The molecular weight excluding hydrogens is 250 g/mol. The van der Waals surface area contributed by atoms with Crippen LogP contribution in [0.5, 0.6) is 0 Å². The maximum absolute atomic E-state index is 8.43. The number of hydrogen-bond donors (Lipinski definition) is 1. The molecule has 0 amide bonds. The van der Waals surface area contributed by atoms with Crippen molar-refractivity contribution in [3.63, 3.8) is 0 Å². The van der Waals surface area contributed by atoms with E-state index in [0.29, 0.717) is 0 Å². The smallest absolute Gasteiger partial charge is 0.107 e. The van der Waals surface area contributed by atoms with Crippen molar-refractivity contribution in [3.05, 3.63) is 71.3 Å². The molecule has 2 aromatic carbocycles. The second-order valence-corrected chi connectivity index (χ2v) is 4.88. The number of nitrogens with zero attached hydrogens (tertiary/aromatic N) is 1. The fourth-order valence-electron chi connectivity index (χ4n) is 2.19. The SMILES string of the molecule is CCN(Cc1ccccc1)Cc1ccc(COO)cc1. The molecule has 2 rings (SSSR count). The molecule has 0 aliphatic rings. The molecule has 0 aliphatic carbocycles. The van der Waals surface area contributed by atoms with Gasteiger partial charge in [0.25, 0.3) is 0 Å². The van der Waals surface area contributed by atoms with Crippen molar-refractivity contribution in [1.29, 1.82) is 0 Å². The second kappa shape index (κ2) is 7.80. The average Bonchev–Trinajstić information content (AvgIpc) is 2.50. The maximum Gasteiger partial charge on any atom is 0.107 e. The van der Waals surface area contributed by atoms with E-state index in [1.807, 2.05) is 18.2 Å². The van der Waals surface area contributed by atoms with Crippen LogP contribution in [0, 0.1) is 0 Å². The molecule has 3 heteroatoms. The highest BCUT2D eigenvalue weighted by atomic mass is 17.1. The highest BCUT2D eigenvalue weighted by Crippen LogP contribution is 2.11. The van der Waals surface area contributed by atoms with E-state index in [2.05, 4.69) is 53.1 Å². The van der Waals surface area contributed by atoms with Crippen molar-refractivity contribution in [2.45, 2.75) is 26.6 Å². The summed E-state index contributed by atoms with van der Waals surface area (Å²) in [7, 11) is 0. The molecule has 0 spiro atoms. The summed E-state index contributed by atoms with van der Waals surface area (Å²) >= 11 is 0. The topological polar surface area (TPSA) is 32.7 Å². The first kappa shape index (κ1) is 14.7. The Labute approximate surface area is 120 Å². The van der Waals surface area contributed by atoms with Crippen LogP contribution in [0.1, 0.15) is 23.6 Å². The van der Waals surface area contributed by atoms with Gasteiger partial charge in [0.1, 0.15) is 6.61 Å². The predicted octanol–water partition coefficient (Wildman–Crippen LogP) is 3.70. The molecule has 0 heterocycles. The molecule has 3 nitrogen and oxygen atoms in total. The van der Waals surface area contributed by atoms with E-state index in [-0.39, 0.29) is 6.61 Å². The van der Waals surface area contributed by atoms with Gasteiger partial charge in [-0.15, -0.1) is 0 Å². The Hall–Kier alpha value is -1.68. The van der Waals surface area contributed by atoms with Crippen molar-refractivity contribution >= 4 is 0 Å². The molecule has 0 aliphatic heterocycles. The van der Waals surface area contributed by atoms with Gasteiger partial charge >= 0.3 is 0 Å². The van der Waals surface area contributed by atoms with Crippen LogP contribution in [0.4, 0.5) is 0 Å². The van der Waals surface area contributed by atoms with Crippen LogP contribution in [0.2, 0.25) is 0 Å². The molecule has 0 bridgehead atoms. The van der Waals surface area contributed by atoms with Crippen molar-refractivity contribution in [2.75, 3.05) is 6.54 Å². The van der Waals surface area contributed by atoms with Crippen LogP contribution >= 0.6 is 0 Å². The fraction of sp³-hybridized carbons (Fsp3) is 0.294. The molecule has 1 N–H and O–H groups in total. The lowest BCUT2D eigenvalue weighted by Crippen LogP contribution is -2.22. The van der Waals surface area contributed by atoms with Crippen molar-refractivity contribution in [3.8, 4) is 0 Å². The summed E-state index contributed by atoms with van der Waals surface area (Å²) in [6.07, 6.45) is 0. The Morgan fingerprint density at radius 2 is 1.40 bits per heavy atom. The average molecular weight is 271 g/mol. The first-order chi connectivity index (χ1) is 9.81. The van der Waals surface area contributed by atoms with E-state index in [0.717, 1.165) is 25.2 Å². The maximum atomic E-state index is 8.43. The van der Waals surface area contributed by atoms with Gasteiger partial charge in [-0.3, -0.25) is 10.2 Å². The zero-order chi connectivity index (χ0) is 14.2. The molecule has 0 aromatic heterocycles. The van der Waals surface area contributed by atoms with E-state index in [4.69, 9.17) is 5.26 Å². The van der Waals surface area contributed by atoms with Gasteiger partial charge in [-0.25, -0.2) is 4.89 Å².